The predicted molar refractivity (Wildman–Crippen MR) is 19.9 cm³/mol. The van der Waals surface area contributed by atoms with Crippen LogP contribution in [-0.4, -0.2) is 12.4 Å². The summed E-state index contributed by atoms with van der Waals surface area (Å²) >= 11 is 0. The van der Waals surface area contributed by atoms with E-state index in [1.54, 1.807) is 0 Å². The lowest BCUT2D eigenvalue weighted by atomic mass is 10.6. The van der Waals surface area contributed by atoms with Crippen molar-refractivity contribution >= 4 is 5.84 Å². The summed E-state index contributed by atoms with van der Waals surface area (Å²) in [6.45, 7) is -0.0833. The second-order valence-corrected chi connectivity index (χ2v) is 0.702. The van der Waals surface area contributed by atoms with Gasteiger partial charge in [-0.2, -0.15) is 0 Å². The number of amidine groups is 1. The molecule has 0 bridgehead atoms. The number of nitrogens with two attached hydrogens (primary N) is 1. The fraction of sp³-hybridized carbons (Fsp3) is 0.500. The molecule has 0 aliphatic rings. The molecule has 0 saturated carbocycles. The van der Waals surface area contributed by atoms with Crippen molar-refractivity contribution in [2.75, 3.05) is 6.54 Å². The fourth-order valence-electron chi connectivity index (χ4n) is 0. The van der Waals surface area contributed by atoms with Crippen molar-refractivity contribution < 1.29 is 0 Å². The maximum absolute atomic E-state index is 6.33. The minimum atomic E-state index is -0.0833. The summed E-state index contributed by atoms with van der Waals surface area (Å²) in [5, 5.41) is 6.33. The van der Waals surface area contributed by atoms with Gasteiger partial charge in [0.25, 0.3) is 0 Å². The molecule has 0 fully saturated rings. The monoisotopic (exact) mass is 72.1 g/mol. The van der Waals surface area contributed by atoms with Crippen LogP contribution in [0.2, 0.25) is 0 Å². The quantitative estimate of drug-likeness (QED) is 0.309. The van der Waals surface area contributed by atoms with E-state index in [0.29, 0.717) is 0 Å². The van der Waals surface area contributed by atoms with Crippen LogP contribution in [0.5, 0.6) is 0 Å². The molecule has 3 nitrogen and oxygen atoms in total. The first-order valence-corrected chi connectivity index (χ1v) is 1.25. The first-order chi connectivity index (χ1) is 2.27. The average Bonchev–Trinajstić information content (AvgIpc) is 1.38. The van der Waals surface area contributed by atoms with Crippen molar-refractivity contribution in [2.24, 2.45) is 5.73 Å². The molecular weight excluding hydrogens is 66.0 g/mol. The van der Waals surface area contributed by atoms with Gasteiger partial charge in [-0.1, -0.05) is 0 Å². The Kier molecular flexibility index (Phi) is 1.53. The van der Waals surface area contributed by atoms with Gasteiger partial charge >= 0.3 is 0 Å². The molecule has 0 rings (SSSR count). The van der Waals surface area contributed by atoms with Gasteiger partial charge in [0.15, 0.2) is 0 Å². The Morgan fingerprint density at radius 1 is 1.80 bits per heavy atom. The summed E-state index contributed by atoms with van der Waals surface area (Å²) in [6, 6.07) is 0. The van der Waals surface area contributed by atoms with Crippen molar-refractivity contribution in [1.29, 1.82) is 5.41 Å². The molecule has 0 aliphatic heterocycles. The Bertz CT molecular complexity index is 40.2. The molecule has 0 aliphatic carbocycles. The molecule has 29 valence electrons. The summed E-state index contributed by atoms with van der Waals surface area (Å²) in [4.78, 5) is 0. The third-order valence-corrected chi connectivity index (χ3v) is 0.190. The number of hydrogen-bond donors (Lipinski definition) is 2. The van der Waals surface area contributed by atoms with Crippen molar-refractivity contribution in [3.05, 3.63) is 0 Å². The predicted octanol–water partition coefficient (Wildman–Crippen LogP) is -0.795. The Balaban J connectivity index is 2.85. The van der Waals surface area contributed by atoms with Crippen LogP contribution in [0.15, 0.2) is 0 Å². The zero-order valence-electron chi connectivity index (χ0n) is 2.78. The van der Waals surface area contributed by atoms with E-state index in [1.807, 2.05) is 0 Å². The Morgan fingerprint density at radius 3 is 2.00 bits per heavy atom. The van der Waals surface area contributed by atoms with Crippen LogP contribution in [0.4, 0.5) is 0 Å². The molecule has 0 aromatic rings. The van der Waals surface area contributed by atoms with Crippen LogP contribution in [-0.2, 0) is 0 Å². The molecule has 4 N–H and O–H groups in total. The van der Waals surface area contributed by atoms with Crippen LogP contribution in [0.1, 0.15) is 0 Å². The average molecular weight is 72.1 g/mol. The zero-order chi connectivity index (χ0) is 4.28. The molecule has 0 saturated heterocycles. The largest absolute Gasteiger partial charge is 0.387 e. The van der Waals surface area contributed by atoms with Gasteiger partial charge in [-0.3, -0.25) is 5.41 Å². The van der Waals surface area contributed by atoms with Gasteiger partial charge in [0.05, 0.1) is 6.54 Å². The maximum atomic E-state index is 6.33. The van der Waals surface area contributed by atoms with Crippen LogP contribution >= 0.6 is 0 Å². The van der Waals surface area contributed by atoms with Crippen LogP contribution in [0.25, 0.3) is 0 Å². The van der Waals surface area contributed by atoms with Crippen molar-refractivity contribution in [3.63, 3.8) is 0 Å². The fourth-order valence-corrected chi connectivity index (χ4v) is 0. The highest BCUT2D eigenvalue weighted by molar-refractivity contribution is 5.78. The molecule has 1 radical (unpaired) electrons. The van der Waals surface area contributed by atoms with E-state index in [2.05, 4.69) is 5.73 Å². The van der Waals surface area contributed by atoms with Crippen molar-refractivity contribution in [3.8, 4) is 0 Å². The van der Waals surface area contributed by atoms with Gasteiger partial charge in [0, 0.05) is 0 Å². The van der Waals surface area contributed by atoms with E-state index in [4.69, 9.17) is 11.1 Å². The Hall–Kier alpha value is -0.570. The second-order valence-electron chi connectivity index (χ2n) is 0.702. The Labute approximate surface area is 30.5 Å². The number of hydrogen-bond acceptors (Lipinski definition) is 1. The highest BCUT2D eigenvalue weighted by Gasteiger charge is 1.71. The van der Waals surface area contributed by atoms with E-state index in [0.717, 1.165) is 0 Å². The Morgan fingerprint density at radius 2 is 2.00 bits per heavy atom. The molecule has 5 heavy (non-hydrogen) atoms. The summed E-state index contributed by atoms with van der Waals surface area (Å²) in [7, 11) is 0. The van der Waals surface area contributed by atoms with Crippen molar-refractivity contribution in [2.45, 2.75) is 0 Å². The molecule has 0 amide bonds. The van der Waals surface area contributed by atoms with Crippen molar-refractivity contribution in [1.82, 2.24) is 5.73 Å². The first-order valence-electron chi connectivity index (χ1n) is 1.25. The number of nitrogens with one attached hydrogen (secondary N) is 2. The van der Waals surface area contributed by atoms with E-state index in [-0.39, 0.29) is 12.4 Å². The zero-order valence-corrected chi connectivity index (χ0v) is 2.78. The lowest BCUT2D eigenvalue weighted by Gasteiger charge is -1.78. The third kappa shape index (κ3) is 3.43. The normalized spacial score (nSPS) is 7.40. The minimum Gasteiger partial charge on any atom is -0.387 e. The van der Waals surface area contributed by atoms with Gasteiger partial charge in [-0.05, 0) is 0 Å². The minimum absolute atomic E-state index is 0.0787. The van der Waals surface area contributed by atoms with Crippen LogP contribution < -0.4 is 11.5 Å². The van der Waals surface area contributed by atoms with Gasteiger partial charge in [0.1, 0.15) is 5.84 Å². The van der Waals surface area contributed by atoms with Gasteiger partial charge < -0.3 is 5.73 Å². The topological polar surface area (TPSA) is 73.7 Å². The van der Waals surface area contributed by atoms with E-state index in [1.165, 1.54) is 0 Å². The lowest BCUT2D eigenvalue weighted by molar-refractivity contribution is 1.19. The standard InChI is InChI=1S/C2H6N3/c3-1-2(4)5/h3H,1H2,(H3,4,5). The van der Waals surface area contributed by atoms with E-state index < -0.39 is 0 Å². The second kappa shape index (κ2) is 1.72. The molecule has 3 heteroatoms. The number of rotatable bonds is 1. The van der Waals surface area contributed by atoms with Crippen LogP contribution in [0.3, 0.4) is 0 Å². The molecule has 0 atom stereocenters. The SMILES string of the molecule is [NH]CC(=N)N. The highest BCUT2D eigenvalue weighted by atomic mass is 14.8. The molecule has 0 aromatic heterocycles. The molecule has 0 heterocycles. The molecule has 0 unspecified atom stereocenters. The summed E-state index contributed by atoms with van der Waals surface area (Å²) in [6.07, 6.45) is 0. The summed E-state index contributed by atoms with van der Waals surface area (Å²) in [5.74, 6) is -0.0787. The van der Waals surface area contributed by atoms with Gasteiger partial charge in [0.2, 0.25) is 0 Å². The van der Waals surface area contributed by atoms with Gasteiger partial charge in [-0.15, -0.1) is 0 Å². The summed E-state index contributed by atoms with van der Waals surface area (Å²) < 4.78 is 0. The molecular formula is C2H6N3. The van der Waals surface area contributed by atoms with E-state index >= 15 is 0 Å². The maximum Gasteiger partial charge on any atom is 0.106 e. The molecule has 0 aromatic carbocycles. The highest BCUT2D eigenvalue weighted by Crippen LogP contribution is 1.42. The first kappa shape index (κ1) is 4.43. The third-order valence-electron chi connectivity index (χ3n) is 0.190. The smallest absolute Gasteiger partial charge is 0.106 e. The van der Waals surface area contributed by atoms with E-state index in [9.17, 15) is 0 Å². The van der Waals surface area contributed by atoms with Gasteiger partial charge in [-0.25, -0.2) is 5.73 Å². The van der Waals surface area contributed by atoms with Crippen LogP contribution in [0, 0.1) is 5.41 Å². The summed E-state index contributed by atoms with van der Waals surface area (Å²) in [5.41, 5.74) is 11.0. The lowest BCUT2D eigenvalue weighted by Crippen LogP contribution is -2.14. The molecule has 0 spiro atoms.